The molecule has 61 heavy (non-hydrogen) atoms. The lowest BCUT2D eigenvalue weighted by molar-refractivity contribution is 0.659. The third-order valence-electron chi connectivity index (χ3n) is 13.8. The number of anilines is 3. The van der Waals surface area contributed by atoms with Crippen molar-refractivity contribution in [2.75, 3.05) is 4.90 Å². The van der Waals surface area contributed by atoms with E-state index >= 15 is 0 Å². The van der Waals surface area contributed by atoms with Gasteiger partial charge in [0.05, 0.1) is 5.41 Å². The lowest BCUT2D eigenvalue weighted by Gasteiger charge is -2.34. The minimum absolute atomic E-state index is 0.196. The Kier molecular flexibility index (Phi) is 6.99. The summed E-state index contributed by atoms with van der Waals surface area (Å²) in [6.45, 7) is 4.74. The fourth-order valence-electron chi connectivity index (χ4n) is 11.0. The van der Waals surface area contributed by atoms with Gasteiger partial charge in [-0.15, -0.1) is 0 Å². The number of nitrogens with zero attached hydrogens (tertiary/aromatic N) is 1. The van der Waals surface area contributed by atoms with E-state index in [4.69, 9.17) is 8.83 Å². The first kappa shape index (κ1) is 34.3. The molecule has 0 spiro atoms. The number of rotatable bonds is 5. The molecule has 13 rings (SSSR count). The van der Waals surface area contributed by atoms with Gasteiger partial charge in [0, 0.05) is 56.2 Å². The van der Waals surface area contributed by atoms with E-state index in [1.807, 2.05) is 24.3 Å². The molecule has 3 nitrogen and oxygen atoms in total. The molecular weight excluding hydrogens is 743 g/mol. The normalized spacial score (nSPS) is 14.3. The van der Waals surface area contributed by atoms with Crippen molar-refractivity contribution < 1.29 is 8.83 Å². The van der Waals surface area contributed by atoms with Crippen molar-refractivity contribution in [3.8, 4) is 22.3 Å². The fraction of sp³-hybridized carbons (Fsp3) is 0.0690. The first-order valence-electron chi connectivity index (χ1n) is 21.2. The Labute approximate surface area is 353 Å². The number of hydrogen-bond acceptors (Lipinski definition) is 3. The zero-order valence-corrected chi connectivity index (χ0v) is 33.8. The first-order chi connectivity index (χ1) is 30.0. The summed E-state index contributed by atoms with van der Waals surface area (Å²) < 4.78 is 13.0. The SMILES string of the molecule is CC1(C)c2ccc(N(c3ccc4c(c3)oc3ccccc34)c3ccc4c(c3)oc3ccccc34)cc2-c2cc(C3(c4ccccc4)c4ccccc4-c4ccccc43)ccc21. The highest BCUT2D eigenvalue weighted by Gasteiger charge is 2.47. The van der Waals surface area contributed by atoms with Crippen molar-refractivity contribution in [3.05, 3.63) is 234 Å². The third kappa shape index (κ3) is 4.69. The fourth-order valence-corrected chi connectivity index (χ4v) is 11.0. The van der Waals surface area contributed by atoms with Crippen molar-refractivity contribution in [1.29, 1.82) is 0 Å². The van der Waals surface area contributed by atoms with Crippen LogP contribution in [0.1, 0.15) is 47.2 Å². The van der Waals surface area contributed by atoms with Crippen LogP contribution < -0.4 is 4.90 Å². The summed E-state index contributed by atoms with van der Waals surface area (Å²) >= 11 is 0. The summed E-state index contributed by atoms with van der Waals surface area (Å²) in [5.41, 5.74) is 18.9. The minimum Gasteiger partial charge on any atom is -0.456 e. The van der Waals surface area contributed by atoms with Gasteiger partial charge in [-0.2, -0.15) is 0 Å². The molecule has 0 unspecified atom stereocenters. The number of para-hydroxylation sites is 2. The van der Waals surface area contributed by atoms with Crippen LogP contribution in [-0.4, -0.2) is 0 Å². The van der Waals surface area contributed by atoms with Crippen LogP contribution in [0.5, 0.6) is 0 Å². The molecule has 0 aliphatic heterocycles. The van der Waals surface area contributed by atoms with Gasteiger partial charge in [-0.3, -0.25) is 0 Å². The highest BCUT2D eigenvalue weighted by atomic mass is 16.3. The zero-order valence-electron chi connectivity index (χ0n) is 33.8. The van der Waals surface area contributed by atoms with Gasteiger partial charge in [0.2, 0.25) is 0 Å². The second-order valence-corrected chi connectivity index (χ2v) is 17.2. The molecule has 0 amide bonds. The number of hydrogen-bond donors (Lipinski definition) is 0. The van der Waals surface area contributed by atoms with E-state index in [0.717, 1.165) is 60.9 Å². The lowest BCUT2D eigenvalue weighted by Crippen LogP contribution is -2.28. The average Bonchev–Trinajstić information content (AvgIpc) is 4.02. The van der Waals surface area contributed by atoms with E-state index in [1.54, 1.807) is 0 Å². The Morgan fingerprint density at radius 3 is 1.39 bits per heavy atom. The Bertz CT molecular complexity index is 3430. The molecule has 0 saturated heterocycles. The summed E-state index contributed by atoms with van der Waals surface area (Å²) in [6.07, 6.45) is 0. The predicted octanol–water partition coefficient (Wildman–Crippen LogP) is 15.6. The molecule has 0 bridgehead atoms. The van der Waals surface area contributed by atoms with Crippen molar-refractivity contribution in [2.45, 2.75) is 24.7 Å². The number of fused-ring (bicyclic) bond motifs is 12. The van der Waals surface area contributed by atoms with Crippen LogP contribution in [0.2, 0.25) is 0 Å². The molecule has 2 aliphatic carbocycles. The van der Waals surface area contributed by atoms with Crippen LogP contribution in [0.4, 0.5) is 17.1 Å². The predicted molar refractivity (Wildman–Crippen MR) is 251 cm³/mol. The largest absolute Gasteiger partial charge is 0.456 e. The van der Waals surface area contributed by atoms with Crippen LogP contribution in [0.25, 0.3) is 66.1 Å². The Morgan fingerprint density at radius 1 is 0.328 bits per heavy atom. The van der Waals surface area contributed by atoms with Gasteiger partial charge < -0.3 is 13.7 Å². The van der Waals surface area contributed by atoms with Gasteiger partial charge in [-0.1, -0.05) is 147 Å². The topological polar surface area (TPSA) is 29.5 Å². The minimum atomic E-state index is -0.482. The van der Waals surface area contributed by atoms with Crippen LogP contribution in [0, 0.1) is 0 Å². The average molecular weight is 782 g/mol. The van der Waals surface area contributed by atoms with Gasteiger partial charge in [-0.05, 0) is 110 Å². The molecule has 9 aromatic carbocycles. The summed E-state index contributed by atoms with van der Waals surface area (Å²) in [6, 6.07) is 73.1. The van der Waals surface area contributed by atoms with Crippen LogP contribution in [0.15, 0.2) is 209 Å². The smallest absolute Gasteiger partial charge is 0.137 e. The molecule has 0 fully saturated rings. The second-order valence-electron chi connectivity index (χ2n) is 17.2. The molecule has 288 valence electrons. The summed E-state index contributed by atoms with van der Waals surface area (Å²) in [7, 11) is 0. The van der Waals surface area contributed by atoms with E-state index in [1.165, 1.54) is 55.6 Å². The maximum atomic E-state index is 6.49. The standard InChI is InChI=1S/C58H39NO2/c1-57(2)49-30-24-37(58(36-14-4-3-5-15-36)51-20-10-6-16-41(51)42-17-7-11-21-52(42)58)32-47(49)48-33-38(27-31-50(48)57)59(39-25-28-45-43-18-8-12-22-53(43)60-55(45)34-39)40-26-29-46-44-19-9-13-23-54(44)61-56(46)35-40/h3-35H,1-2H3. The highest BCUT2D eigenvalue weighted by Crippen LogP contribution is 2.58. The summed E-state index contributed by atoms with van der Waals surface area (Å²) in [4.78, 5) is 2.35. The van der Waals surface area contributed by atoms with E-state index in [0.29, 0.717) is 0 Å². The van der Waals surface area contributed by atoms with Crippen LogP contribution in [0.3, 0.4) is 0 Å². The molecule has 2 heterocycles. The van der Waals surface area contributed by atoms with E-state index in [-0.39, 0.29) is 5.41 Å². The molecule has 3 heteroatoms. The number of benzene rings is 9. The van der Waals surface area contributed by atoms with E-state index < -0.39 is 5.41 Å². The van der Waals surface area contributed by atoms with Gasteiger partial charge in [-0.25, -0.2) is 0 Å². The van der Waals surface area contributed by atoms with Crippen molar-refractivity contribution in [2.24, 2.45) is 0 Å². The van der Waals surface area contributed by atoms with E-state index in [9.17, 15) is 0 Å². The third-order valence-corrected chi connectivity index (χ3v) is 13.8. The monoisotopic (exact) mass is 781 g/mol. The van der Waals surface area contributed by atoms with E-state index in [2.05, 4.69) is 195 Å². The van der Waals surface area contributed by atoms with Crippen molar-refractivity contribution >= 4 is 60.9 Å². The van der Waals surface area contributed by atoms with Crippen molar-refractivity contribution in [3.63, 3.8) is 0 Å². The maximum Gasteiger partial charge on any atom is 0.137 e. The molecule has 0 N–H and O–H groups in total. The molecule has 0 saturated carbocycles. The first-order valence-corrected chi connectivity index (χ1v) is 21.2. The van der Waals surface area contributed by atoms with Crippen molar-refractivity contribution in [1.82, 2.24) is 0 Å². The molecular formula is C58H39NO2. The quantitative estimate of drug-likeness (QED) is 0.174. The van der Waals surface area contributed by atoms with Gasteiger partial charge in [0.1, 0.15) is 22.3 Å². The molecule has 0 atom stereocenters. The molecule has 11 aromatic rings. The molecule has 2 aromatic heterocycles. The number of furan rings is 2. The summed E-state index contributed by atoms with van der Waals surface area (Å²) in [5, 5.41) is 4.44. The van der Waals surface area contributed by atoms with Gasteiger partial charge in [0.25, 0.3) is 0 Å². The second kappa shape index (κ2) is 12.5. The molecule has 0 radical (unpaired) electrons. The van der Waals surface area contributed by atoms with Crippen LogP contribution >= 0.6 is 0 Å². The Balaban J connectivity index is 1.04. The molecule has 2 aliphatic rings. The summed E-state index contributed by atoms with van der Waals surface area (Å²) in [5.74, 6) is 0. The Hall–Kier alpha value is -7.62. The Morgan fingerprint density at radius 2 is 0.787 bits per heavy atom. The van der Waals surface area contributed by atoms with Gasteiger partial charge in [0.15, 0.2) is 0 Å². The van der Waals surface area contributed by atoms with Gasteiger partial charge >= 0.3 is 0 Å². The lowest BCUT2D eigenvalue weighted by atomic mass is 9.67. The zero-order chi connectivity index (χ0) is 40.5. The maximum absolute atomic E-state index is 6.49. The van der Waals surface area contributed by atoms with Crippen LogP contribution in [-0.2, 0) is 10.8 Å². The highest BCUT2D eigenvalue weighted by molar-refractivity contribution is 6.08.